The fourth-order valence-electron chi connectivity index (χ4n) is 4.40. The molecule has 0 bridgehead atoms. The lowest BCUT2D eigenvalue weighted by Crippen LogP contribution is -2.36. The average molecular weight is 331 g/mol. The summed E-state index contributed by atoms with van der Waals surface area (Å²) in [5, 5.41) is 6.99. The lowest BCUT2D eigenvalue weighted by molar-refractivity contribution is -0.129. The van der Waals surface area contributed by atoms with Gasteiger partial charge >= 0.3 is 0 Å². The van der Waals surface area contributed by atoms with Crippen LogP contribution in [0.15, 0.2) is 4.52 Å². The van der Waals surface area contributed by atoms with Gasteiger partial charge in [-0.3, -0.25) is 9.59 Å². The van der Waals surface area contributed by atoms with Crippen molar-refractivity contribution < 1.29 is 14.1 Å². The largest absolute Gasteiger partial charge is 0.350 e. The van der Waals surface area contributed by atoms with E-state index in [9.17, 15) is 9.59 Å². The average Bonchev–Trinajstić information content (AvgIpc) is 3.31. The van der Waals surface area contributed by atoms with E-state index in [0.717, 1.165) is 56.3 Å². The van der Waals surface area contributed by atoms with Crippen LogP contribution >= 0.6 is 0 Å². The summed E-state index contributed by atoms with van der Waals surface area (Å²) in [6.07, 6.45) is 9.25. The number of aromatic nitrogens is 1. The van der Waals surface area contributed by atoms with Crippen molar-refractivity contribution in [3.05, 3.63) is 17.0 Å². The second kappa shape index (κ2) is 6.57. The van der Waals surface area contributed by atoms with Crippen LogP contribution in [0, 0.1) is 5.92 Å². The van der Waals surface area contributed by atoms with Gasteiger partial charge in [-0.15, -0.1) is 0 Å². The van der Waals surface area contributed by atoms with E-state index in [1.807, 2.05) is 4.90 Å². The highest BCUT2D eigenvalue weighted by molar-refractivity contribution is 5.93. The van der Waals surface area contributed by atoms with Crippen molar-refractivity contribution >= 4 is 11.8 Å². The Labute approximate surface area is 141 Å². The van der Waals surface area contributed by atoms with Crippen molar-refractivity contribution in [3.63, 3.8) is 0 Å². The third kappa shape index (κ3) is 2.94. The highest BCUT2D eigenvalue weighted by atomic mass is 16.5. The third-order valence-electron chi connectivity index (χ3n) is 5.72. The van der Waals surface area contributed by atoms with E-state index in [2.05, 4.69) is 10.5 Å². The second-order valence-corrected chi connectivity index (χ2v) is 7.41. The molecule has 1 saturated heterocycles. The van der Waals surface area contributed by atoms with Gasteiger partial charge in [0.25, 0.3) is 5.91 Å². The molecule has 0 spiro atoms. The van der Waals surface area contributed by atoms with Crippen LogP contribution in [0.25, 0.3) is 0 Å². The lowest BCUT2D eigenvalue weighted by atomic mass is 9.96. The molecule has 2 heterocycles. The van der Waals surface area contributed by atoms with Gasteiger partial charge in [-0.25, -0.2) is 0 Å². The van der Waals surface area contributed by atoms with Crippen LogP contribution in [0.3, 0.4) is 0 Å². The molecule has 1 aromatic heterocycles. The van der Waals surface area contributed by atoms with Crippen LogP contribution in [-0.4, -0.2) is 41.0 Å². The van der Waals surface area contributed by atoms with Crippen LogP contribution in [-0.2, 0) is 17.6 Å². The second-order valence-electron chi connectivity index (χ2n) is 7.41. The van der Waals surface area contributed by atoms with E-state index in [-0.39, 0.29) is 17.7 Å². The Morgan fingerprint density at radius 3 is 2.83 bits per heavy atom. The Balaban J connectivity index is 1.33. The Kier molecular flexibility index (Phi) is 4.29. The molecule has 24 heavy (non-hydrogen) atoms. The number of hydrogen-bond donors (Lipinski definition) is 1. The van der Waals surface area contributed by atoms with Gasteiger partial charge in [0, 0.05) is 37.0 Å². The molecule has 6 heteroatoms. The van der Waals surface area contributed by atoms with Crippen molar-refractivity contribution in [2.45, 2.75) is 63.8 Å². The van der Waals surface area contributed by atoms with E-state index < -0.39 is 0 Å². The molecule has 1 aromatic rings. The van der Waals surface area contributed by atoms with Crippen LogP contribution in [0.5, 0.6) is 0 Å². The first-order valence-corrected chi connectivity index (χ1v) is 9.27. The van der Waals surface area contributed by atoms with Crippen LogP contribution < -0.4 is 5.32 Å². The number of carbonyl (C=O) groups is 2. The smallest absolute Gasteiger partial charge is 0.290 e. The molecule has 2 aliphatic carbocycles. The molecular weight excluding hydrogens is 306 g/mol. The molecule has 0 aromatic carbocycles. The van der Waals surface area contributed by atoms with Gasteiger partial charge in [-0.1, -0.05) is 18.0 Å². The van der Waals surface area contributed by atoms with Crippen molar-refractivity contribution in [1.82, 2.24) is 15.4 Å². The fourth-order valence-corrected chi connectivity index (χ4v) is 4.40. The highest BCUT2D eigenvalue weighted by Gasteiger charge is 2.35. The Morgan fingerprint density at radius 2 is 2.00 bits per heavy atom. The first-order chi connectivity index (χ1) is 11.7. The van der Waals surface area contributed by atoms with Crippen molar-refractivity contribution in [3.8, 4) is 0 Å². The monoisotopic (exact) mass is 331 g/mol. The van der Waals surface area contributed by atoms with Gasteiger partial charge in [-0.05, 0) is 38.5 Å². The highest BCUT2D eigenvalue weighted by Crippen LogP contribution is 2.29. The predicted octanol–water partition coefficient (Wildman–Crippen LogP) is 2.07. The molecule has 3 aliphatic rings. The van der Waals surface area contributed by atoms with E-state index in [1.54, 1.807) is 0 Å². The van der Waals surface area contributed by atoms with Gasteiger partial charge < -0.3 is 14.7 Å². The quantitative estimate of drug-likeness (QED) is 0.916. The number of nitrogens with zero attached hydrogens (tertiary/aromatic N) is 2. The lowest BCUT2D eigenvalue weighted by Gasteiger charge is -2.24. The number of hydrogen-bond acceptors (Lipinski definition) is 4. The third-order valence-corrected chi connectivity index (χ3v) is 5.72. The minimum atomic E-state index is -0.183. The zero-order valence-electron chi connectivity index (χ0n) is 14.1. The van der Waals surface area contributed by atoms with Gasteiger partial charge in [-0.2, -0.15) is 0 Å². The number of aryl methyl sites for hydroxylation is 1. The molecule has 1 aliphatic heterocycles. The zero-order valence-corrected chi connectivity index (χ0v) is 14.1. The van der Waals surface area contributed by atoms with Gasteiger partial charge in [0.2, 0.25) is 11.7 Å². The summed E-state index contributed by atoms with van der Waals surface area (Å²) < 4.78 is 5.28. The molecule has 1 saturated carbocycles. The van der Waals surface area contributed by atoms with Crippen molar-refractivity contribution in [2.75, 3.05) is 13.1 Å². The summed E-state index contributed by atoms with van der Waals surface area (Å²) in [4.78, 5) is 26.7. The molecule has 6 nitrogen and oxygen atoms in total. The summed E-state index contributed by atoms with van der Waals surface area (Å²) in [5.74, 6) is 0.651. The molecule has 1 N–H and O–H groups in total. The summed E-state index contributed by atoms with van der Waals surface area (Å²) in [5.41, 5.74) is 1.92. The Bertz CT molecular complexity index is 633. The number of likely N-dealkylation sites (tertiary alicyclic amines) is 1. The predicted molar refractivity (Wildman–Crippen MR) is 87.6 cm³/mol. The van der Waals surface area contributed by atoms with Crippen LogP contribution in [0.1, 0.15) is 66.8 Å². The van der Waals surface area contributed by atoms with Gasteiger partial charge in [0.1, 0.15) is 0 Å². The van der Waals surface area contributed by atoms with Crippen LogP contribution in [0.2, 0.25) is 0 Å². The fraction of sp³-hybridized carbons (Fsp3) is 0.722. The summed E-state index contributed by atoms with van der Waals surface area (Å²) in [7, 11) is 0. The molecule has 1 atom stereocenters. The topological polar surface area (TPSA) is 75.4 Å². The molecule has 0 unspecified atom stereocenters. The first kappa shape index (κ1) is 15.7. The standard InChI is InChI=1S/C18H25N3O3/c22-16-9-12(11-21(16)13-5-1-2-6-13)10-19-18(23)17-14-7-3-4-8-15(14)20-24-17/h12-13H,1-11H2,(H,19,23)/t12-/m0/s1. The molecule has 2 amide bonds. The maximum Gasteiger partial charge on any atom is 0.290 e. The number of amides is 2. The maximum atomic E-state index is 12.4. The minimum Gasteiger partial charge on any atom is -0.350 e. The number of fused-ring (bicyclic) bond motifs is 1. The molecule has 0 radical (unpaired) electrons. The normalized spacial score (nSPS) is 24.4. The number of rotatable bonds is 4. The Hall–Kier alpha value is -1.85. The minimum absolute atomic E-state index is 0.183. The SMILES string of the molecule is O=C(NC[C@@H]1CC(=O)N(C2CCCC2)C1)c1onc2c1CCCC2. The van der Waals surface area contributed by atoms with Gasteiger partial charge in [0.15, 0.2) is 0 Å². The molecule has 2 fully saturated rings. The van der Waals surface area contributed by atoms with E-state index in [1.165, 1.54) is 12.8 Å². The zero-order chi connectivity index (χ0) is 16.5. The van der Waals surface area contributed by atoms with E-state index in [0.29, 0.717) is 24.8 Å². The summed E-state index contributed by atoms with van der Waals surface area (Å²) in [6, 6.07) is 0.430. The number of carbonyl (C=O) groups excluding carboxylic acids is 2. The van der Waals surface area contributed by atoms with Gasteiger partial charge in [0.05, 0.1) is 5.69 Å². The molecule has 130 valence electrons. The summed E-state index contributed by atoms with van der Waals surface area (Å²) in [6.45, 7) is 1.31. The first-order valence-electron chi connectivity index (χ1n) is 9.27. The van der Waals surface area contributed by atoms with Crippen LogP contribution in [0.4, 0.5) is 0 Å². The molecular formula is C18H25N3O3. The Morgan fingerprint density at radius 1 is 1.21 bits per heavy atom. The summed E-state index contributed by atoms with van der Waals surface area (Å²) >= 11 is 0. The van der Waals surface area contributed by atoms with E-state index in [4.69, 9.17) is 4.52 Å². The van der Waals surface area contributed by atoms with Crippen molar-refractivity contribution in [1.29, 1.82) is 0 Å². The molecule has 4 rings (SSSR count). The van der Waals surface area contributed by atoms with Crippen molar-refractivity contribution in [2.24, 2.45) is 5.92 Å². The number of nitrogens with one attached hydrogen (secondary N) is 1. The maximum absolute atomic E-state index is 12.4. The van der Waals surface area contributed by atoms with E-state index >= 15 is 0 Å².